The zero-order chi connectivity index (χ0) is 14.8. The molecule has 2 heterocycles. The van der Waals surface area contributed by atoms with Crippen LogP contribution in [0.1, 0.15) is 26.6 Å². The van der Waals surface area contributed by atoms with Crippen LogP contribution in [-0.2, 0) is 6.42 Å². The molecule has 0 radical (unpaired) electrons. The molecule has 0 fully saturated rings. The van der Waals surface area contributed by atoms with Crippen LogP contribution in [0.15, 0.2) is 36.4 Å². The predicted molar refractivity (Wildman–Crippen MR) is 80.6 cm³/mol. The van der Waals surface area contributed by atoms with Crippen LogP contribution in [0.4, 0.5) is 0 Å². The van der Waals surface area contributed by atoms with E-state index in [1.165, 1.54) is 11.3 Å². The molecule has 0 bridgehead atoms. The number of hydrogen-bond acceptors (Lipinski definition) is 4. The molecule has 5 nitrogen and oxygen atoms in total. The summed E-state index contributed by atoms with van der Waals surface area (Å²) in [6, 6.07) is 11.8. The maximum absolute atomic E-state index is 11.1. The Labute approximate surface area is 125 Å². The number of aromatic amines is 1. The number of thiophene rings is 1. The lowest BCUT2D eigenvalue weighted by atomic mass is 10.1. The lowest BCUT2D eigenvalue weighted by molar-refractivity contribution is 0.0701. The zero-order valence-electron chi connectivity index (χ0n) is 11.3. The van der Waals surface area contributed by atoms with Gasteiger partial charge in [-0.1, -0.05) is 30.3 Å². The molecule has 0 saturated carbocycles. The molecule has 0 atom stereocenters. The Bertz CT molecular complexity index is 777. The lowest BCUT2D eigenvalue weighted by Gasteiger charge is -1.95. The van der Waals surface area contributed by atoms with E-state index in [4.69, 9.17) is 5.11 Å². The summed E-state index contributed by atoms with van der Waals surface area (Å²) >= 11 is 1.20. The first-order valence-electron chi connectivity index (χ1n) is 6.43. The number of H-pyrrole nitrogens is 1. The maximum Gasteiger partial charge on any atom is 0.346 e. The number of aromatic nitrogens is 3. The van der Waals surface area contributed by atoms with E-state index in [-0.39, 0.29) is 0 Å². The molecule has 6 heteroatoms. The Hall–Kier alpha value is -2.47. The van der Waals surface area contributed by atoms with Crippen LogP contribution in [0.25, 0.3) is 10.7 Å². The minimum atomic E-state index is -0.913. The van der Waals surface area contributed by atoms with Gasteiger partial charge in [0.05, 0.1) is 4.88 Å². The third-order valence-electron chi connectivity index (χ3n) is 3.08. The number of nitrogens with zero attached hydrogens (tertiary/aromatic N) is 2. The summed E-state index contributed by atoms with van der Waals surface area (Å²) in [5, 5.41) is 16.2. The fraction of sp³-hybridized carbons (Fsp3) is 0.133. The van der Waals surface area contributed by atoms with Crippen molar-refractivity contribution in [1.29, 1.82) is 0 Å². The van der Waals surface area contributed by atoms with Crippen LogP contribution >= 0.6 is 11.3 Å². The summed E-state index contributed by atoms with van der Waals surface area (Å²) in [5.41, 5.74) is 1.88. The zero-order valence-corrected chi connectivity index (χ0v) is 12.1. The van der Waals surface area contributed by atoms with Crippen molar-refractivity contribution in [3.8, 4) is 10.7 Å². The summed E-state index contributed by atoms with van der Waals surface area (Å²) in [7, 11) is 0. The molecule has 21 heavy (non-hydrogen) atoms. The van der Waals surface area contributed by atoms with E-state index in [0.717, 1.165) is 21.8 Å². The predicted octanol–water partition coefficient (Wildman–Crippen LogP) is 3.13. The van der Waals surface area contributed by atoms with Crippen LogP contribution in [0.3, 0.4) is 0 Å². The van der Waals surface area contributed by atoms with Gasteiger partial charge in [-0.25, -0.2) is 9.78 Å². The number of aromatic carboxylic acids is 1. The van der Waals surface area contributed by atoms with Crippen molar-refractivity contribution in [3.05, 3.63) is 58.2 Å². The van der Waals surface area contributed by atoms with E-state index >= 15 is 0 Å². The minimum Gasteiger partial charge on any atom is -0.477 e. The summed E-state index contributed by atoms with van der Waals surface area (Å²) in [5.74, 6) is 0.393. The van der Waals surface area contributed by atoms with E-state index in [0.29, 0.717) is 17.1 Å². The molecule has 106 valence electrons. The summed E-state index contributed by atoms with van der Waals surface area (Å²) < 4.78 is 0. The van der Waals surface area contributed by atoms with Crippen molar-refractivity contribution in [2.24, 2.45) is 0 Å². The van der Waals surface area contributed by atoms with Gasteiger partial charge in [0.25, 0.3) is 0 Å². The average Bonchev–Trinajstić information content (AvgIpc) is 3.06. The van der Waals surface area contributed by atoms with E-state index in [1.54, 1.807) is 6.92 Å². The van der Waals surface area contributed by atoms with Crippen molar-refractivity contribution >= 4 is 17.3 Å². The molecule has 3 rings (SSSR count). The van der Waals surface area contributed by atoms with Crippen LogP contribution in [0, 0.1) is 6.92 Å². The highest BCUT2D eigenvalue weighted by Crippen LogP contribution is 2.29. The molecule has 0 aliphatic rings. The number of carbonyl (C=O) groups is 1. The largest absolute Gasteiger partial charge is 0.477 e. The number of aryl methyl sites for hydroxylation is 1. The first-order valence-corrected chi connectivity index (χ1v) is 7.24. The number of carboxylic acids is 1. The Morgan fingerprint density at radius 2 is 2.10 bits per heavy atom. The molecule has 2 N–H and O–H groups in total. The van der Waals surface area contributed by atoms with Crippen molar-refractivity contribution in [2.75, 3.05) is 0 Å². The number of benzene rings is 1. The monoisotopic (exact) mass is 299 g/mol. The van der Waals surface area contributed by atoms with Crippen LogP contribution in [0.5, 0.6) is 0 Å². The summed E-state index contributed by atoms with van der Waals surface area (Å²) in [6.07, 6.45) is 0.671. The molecule has 0 amide bonds. The summed E-state index contributed by atoms with van der Waals surface area (Å²) in [4.78, 5) is 16.6. The second-order valence-electron chi connectivity index (χ2n) is 4.70. The molecule has 0 aliphatic heterocycles. The van der Waals surface area contributed by atoms with Crippen LogP contribution in [-0.4, -0.2) is 26.3 Å². The number of rotatable bonds is 4. The van der Waals surface area contributed by atoms with Gasteiger partial charge in [-0.3, -0.25) is 5.10 Å². The smallest absolute Gasteiger partial charge is 0.346 e. The topological polar surface area (TPSA) is 78.9 Å². The number of hydrogen-bond donors (Lipinski definition) is 2. The Balaban J connectivity index is 1.85. The van der Waals surface area contributed by atoms with E-state index in [2.05, 4.69) is 15.2 Å². The quantitative estimate of drug-likeness (QED) is 0.775. The van der Waals surface area contributed by atoms with Crippen molar-refractivity contribution in [2.45, 2.75) is 13.3 Å². The van der Waals surface area contributed by atoms with Gasteiger partial charge in [-0.2, -0.15) is 5.10 Å². The van der Waals surface area contributed by atoms with Crippen molar-refractivity contribution < 1.29 is 9.90 Å². The Morgan fingerprint density at radius 3 is 2.76 bits per heavy atom. The van der Waals surface area contributed by atoms with Gasteiger partial charge in [-0.05, 0) is 24.1 Å². The molecule has 1 aromatic carbocycles. The highest BCUT2D eigenvalue weighted by Gasteiger charge is 2.16. The van der Waals surface area contributed by atoms with Crippen LogP contribution < -0.4 is 0 Å². The minimum absolute atomic E-state index is 0.333. The van der Waals surface area contributed by atoms with E-state index in [9.17, 15) is 4.79 Å². The van der Waals surface area contributed by atoms with E-state index in [1.807, 2.05) is 36.4 Å². The third kappa shape index (κ3) is 2.85. The fourth-order valence-electron chi connectivity index (χ4n) is 2.08. The molecule has 2 aromatic heterocycles. The van der Waals surface area contributed by atoms with Gasteiger partial charge in [0.15, 0.2) is 5.82 Å². The van der Waals surface area contributed by atoms with Crippen molar-refractivity contribution in [3.63, 3.8) is 0 Å². The first kappa shape index (κ1) is 13.5. The van der Waals surface area contributed by atoms with Gasteiger partial charge in [0.2, 0.25) is 0 Å². The highest BCUT2D eigenvalue weighted by molar-refractivity contribution is 7.17. The first-order chi connectivity index (χ1) is 10.1. The molecular weight excluding hydrogens is 286 g/mol. The highest BCUT2D eigenvalue weighted by atomic mass is 32.1. The SMILES string of the molecule is Cc1cc(-c2n[nH]c(Cc3ccccc3)n2)sc1C(=O)O. The van der Waals surface area contributed by atoms with Crippen molar-refractivity contribution in [1.82, 2.24) is 15.2 Å². The van der Waals surface area contributed by atoms with Gasteiger partial charge in [-0.15, -0.1) is 11.3 Å². The molecule has 0 spiro atoms. The second-order valence-corrected chi connectivity index (χ2v) is 5.75. The standard InChI is InChI=1S/C15H13N3O2S/c1-9-7-11(21-13(9)15(19)20)14-16-12(17-18-14)8-10-5-3-2-4-6-10/h2-7H,8H2,1H3,(H,19,20)(H,16,17,18). The molecule has 0 aliphatic carbocycles. The number of carboxylic acid groups (broad SMARTS) is 1. The van der Waals surface area contributed by atoms with Crippen LogP contribution in [0.2, 0.25) is 0 Å². The maximum atomic E-state index is 11.1. The van der Waals surface area contributed by atoms with Gasteiger partial charge in [0.1, 0.15) is 10.7 Å². The van der Waals surface area contributed by atoms with Gasteiger partial charge < -0.3 is 5.11 Å². The normalized spacial score (nSPS) is 10.7. The average molecular weight is 299 g/mol. The Kier molecular flexibility index (Phi) is 3.53. The van der Waals surface area contributed by atoms with Gasteiger partial charge >= 0.3 is 5.97 Å². The lowest BCUT2D eigenvalue weighted by Crippen LogP contribution is -1.93. The second kappa shape index (κ2) is 5.49. The molecule has 0 saturated heterocycles. The fourth-order valence-corrected chi connectivity index (χ4v) is 3.02. The molecular formula is C15H13N3O2S. The Morgan fingerprint density at radius 1 is 1.33 bits per heavy atom. The summed E-state index contributed by atoms with van der Waals surface area (Å²) in [6.45, 7) is 1.78. The molecule has 3 aromatic rings. The van der Waals surface area contributed by atoms with Gasteiger partial charge in [0, 0.05) is 6.42 Å². The third-order valence-corrected chi connectivity index (χ3v) is 4.30. The van der Waals surface area contributed by atoms with E-state index < -0.39 is 5.97 Å². The molecule has 0 unspecified atom stereocenters. The number of nitrogens with one attached hydrogen (secondary N) is 1.